The number of ether oxygens (including phenoxy) is 1. The van der Waals surface area contributed by atoms with Crippen LogP contribution in [0.1, 0.15) is 42.9 Å². The third-order valence-electron chi connectivity index (χ3n) is 3.27. The molecule has 0 radical (unpaired) electrons. The molecular formula is C18H22ClN3O4. The van der Waals surface area contributed by atoms with Crippen LogP contribution < -0.4 is 0 Å². The number of benzene rings is 1. The van der Waals surface area contributed by atoms with Crippen molar-refractivity contribution in [2.75, 3.05) is 7.11 Å². The molecule has 0 aliphatic carbocycles. The molecule has 0 saturated carbocycles. The zero-order valence-electron chi connectivity index (χ0n) is 15.3. The molecule has 0 saturated heterocycles. The van der Waals surface area contributed by atoms with E-state index in [1.807, 2.05) is 0 Å². The number of methoxy groups -OCH3 is 1. The van der Waals surface area contributed by atoms with Crippen molar-refractivity contribution in [2.45, 2.75) is 40.0 Å². The highest BCUT2D eigenvalue weighted by molar-refractivity contribution is 6.30. The first kappa shape index (κ1) is 21.5. The van der Waals surface area contributed by atoms with Crippen molar-refractivity contribution in [1.82, 2.24) is 9.97 Å². The molecule has 0 fully saturated rings. The zero-order chi connectivity index (χ0) is 19.7. The molecule has 0 unspecified atom stereocenters. The topological polar surface area (TPSA) is 95.2 Å². The Morgan fingerprint density at radius 1 is 1.23 bits per heavy atom. The maximum atomic E-state index is 11.4. The highest BCUT2D eigenvalue weighted by Crippen LogP contribution is 2.20. The Kier molecular flexibility index (Phi) is 8.64. The van der Waals surface area contributed by atoms with Gasteiger partial charge in [-0.05, 0) is 12.5 Å². The number of nitrogens with zero attached hydrogens (tertiary/aromatic N) is 3. The number of nitro groups is 1. The van der Waals surface area contributed by atoms with Crippen LogP contribution in [0.25, 0.3) is 0 Å². The summed E-state index contributed by atoms with van der Waals surface area (Å²) in [6.45, 7) is 5.99. The summed E-state index contributed by atoms with van der Waals surface area (Å²) in [4.78, 5) is 30.1. The van der Waals surface area contributed by atoms with Crippen molar-refractivity contribution < 1.29 is 14.5 Å². The molecule has 26 heavy (non-hydrogen) atoms. The smallest absolute Gasteiger partial charge is 0.310 e. The summed E-state index contributed by atoms with van der Waals surface area (Å²) < 4.78 is 4.61. The maximum absolute atomic E-state index is 11.4. The van der Waals surface area contributed by atoms with Gasteiger partial charge in [-0.2, -0.15) is 0 Å². The summed E-state index contributed by atoms with van der Waals surface area (Å²) in [5.74, 6) is 0.0664. The highest BCUT2D eigenvalue weighted by Gasteiger charge is 2.14. The molecular weight excluding hydrogens is 358 g/mol. The first-order chi connectivity index (χ1) is 12.3. The number of halogens is 1. The molecule has 7 nitrogen and oxygen atoms in total. The van der Waals surface area contributed by atoms with E-state index in [1.165, 1.54) is 25.7 Å². The van der Waals surface area contributed by atoms with Crippen LogP contribution in [0.5, 0.6) is 0 Å². The van der Waals surface area contributed by atoms with Gasteiger partial charge in [0, 0.05) is 29.8 Å². The molecule has 2 aromatic rings. The molecule has 1 heterocycles. The minimum absolute atomic E-state index is 0.0129. The van der Waals surface area contributed by atoms with Gasteiger partial charge in [0.1, 0.15) is 11.0 Å². The number of aromatic nitrogens is 2. The van der Waals surface area contributed by atoms with E-state index in [0.717, 1.165) is 5.56 Å². The van der Waals surface area contributed by atoms with Crippen molar-refractivity contribution >= 4 is 23.3 Å². The van der Waals surface area contributed by atoms with Gasteiger partial charge < -0.3 is 4.74 Å². The van der Waals surface area contributed by atoms with E-state index in [1.54, 1.807) is 19.1 Å². The fourth-order valence-corrected chi connectivity index (χ4v) is 2.33. The van der Waals surface area contributed by atoms with Crippen LogP contribution in [0, 0.1) is 17.0 Å². The van der Waals surface area contributed by atoms with Crippen LogP contribution in [0.4, 0.5) is 5.69 Å². The van der Waals surface area contributed by atoms with E-state index >= 15 is 0 Å². The molecule has 0 atom stereocenters. The van der Waals surface area contributed by atoms with Gasteiger partial charge in [0.05, 0.1) is 18.5 Å². The molecule has 0 N–H and O–H groups in total. The fraction of sp³-hybridized carbons (Fsp3) is 0.389. The predicted molar refractivity (Wildman–Crippen MR) is 99.4 cm³/mol. The van der Waals surface area contributed by atoms with Crippen molar-refractivity contribution in [3.8, 4) is 0 Å². The Morgan fingerprint density at radius 3 is 2.27 bits per heavy atom. The number of aryl methyl sites for hydroxylation is 1. The van der Waals surface area contributed by atoms with Crippen LogP contribution in [-0.4, -0.2) is 28.0 Å². The Balaban J connectivity index is 0.00000105. The van der Waals surface area contributed by atoms with Gasteiger partial charge in [0.2, 0.25) is 0 Å². The van der Waals surface area contributed by atoms with Gasteiger partial charge in [-0.15, -0.1) is 0 Å². The first-order valence-electron chi connectivity index (χ1n) is 8.14. The highest BCUT2D eigenvalue weighted by atomic mass is 35.5. The minimum atomic E-state index is -0.455. The lowest BCUT2D eigenvalue weighted by Crippen LogP contribution is -2.10. The SMILES string of the molecule is CCC.COC(=O)Cc1c(C)nc(Cc2ccc([N+](=O)[O-])cc2)nc1Cl. The maximum Gasteiger partial charge on any atom is 0.310 e. The standard InChI is InChI=1S/C15H14ClN3O4.C3H8/c1-9-12(8-14(20)23-2)15(16)18-13(17-9)7-10-3-5-11(6-4-10)19(21)22;1-3-2/h3-6H,7-8H2,1-2H3;3H2,1-2H3. The van der Waals surface area contributed by atoms with Gasteiger partial charge >= 0.3 is 5.97 Å². The van der Waals surface area contributed by atoms with Crippen molar-refractivity contribution in [3.05, 3.63) is 62.2 Å². The third-order valence-corrected chi connectivity index (χ3v) is 3.58. The Labute approximate surface area is 157 Å². The van der Waals surface area contributed by atoms with Crippen LogP contribution in [0.15, 0.2) is 24.3 Å². The summed E-state index contributed by atoms with van der Waals surface area (Å²) in [7, 11) is 1.30. The number of nitro benzene ring substituents is 1. The second-order valence-corrected chi connectivity index (χ2v) is 5.91. The average molecular weight is 380 g/mol. The average Bonchev–Trinajstić information content (AvgIpc) is 2.59. The minimum Gasteiger partial charge on any atom is -0.469 e. The number of hydrogen-bond acceptors (Lipinski definition) is 6. The molecule has 1 aromatic heterocycles. The second kappa shape index (κ2) is 10.5. The quantitative estimate of drug-likeness (QED) is 0.336. The number of carbonyl (C=O) groups excluding carboxylic acids is 1. The lowest BCUT2D eigenvalue weighted by Gasteiger charge is -2.09. The molecule has 0 aliphatic heterocycles. The normalized spacial score (nSPS) is 9.88. The molecule has 0 aliphatic rings. The molecule has 1 aromatic carbocycles. The van der Waals surface area contributed by atoms with Gasteiger partial charge in [-0.25, -0.2) is 9.97 Å². The summed E-state index contributed by atoms with van der Waals surface area (Å²) >= 11 is 6.12. The Bertz CT molecular complexity index is 741. The van der Waals surface area contributed by atoms with Crippen molar-refractivity contribution in [1.29, 1.82) is 0 Å². The number of esters is 1. The summed E-state index contributed by atoms with van der Waals surface area (Å²) in [5, 5.41) is 10.8. The summed E-state index contributed by atoms with van der Waals surface area (Å²) in [6, 6.07) is 6.14. The van der Waals surface area contributed by atoms with E-state index in [2.05, 4.69) is 28.6 Å². The molecule has 140 valence electrons. The van der Waals surface area contributed by atoms with E-state index in [0.29, 0.717) is 23.5 Å². The van der Waals surface area contributed by atoms with Gasteiger partial charge in [0.25, 0.3) is 5.69 Å². The van der Waals surface area contributed by atoms with E-state index in [-0.39, 0.29) is 17.3 Å². The van der Waals surface area contributed by atoms with Crippen LogP contribution in [0.2, 0.25) is 5.15 Å². The van der Waals surface area contributed by atoms with Gasteiger partial charge in [0.15, 0.2) is 0 Å². The lowest BCUT2D eigenvalue weighted by molar-refractivity contribution is -0.384. The molecule has 0 spiro atoms. The number of rotatable bonds is 5. The van der Waals surface area contributed by atoms with E-state index < -0.39 is 10.9 Å². The van der Waals surface area contributed by atoms with Crippen LogP contribution in [0.3, 0.4) is 0 Å². The largest absolute Gasteiger partial charge is 0.469 e. The fourth-order valence-electron chi connectivity index (χ4n) is 2.03. The first-order valence-corrected chi connectivity index (χ1v) is 8.52. The number of carbonyl (C=O) groups is 1. The van der Waals surface area contributed by atoms with E-state index in [4.69, 9.17) is 11.6 Å². The van der Waals surface area contributed by atoms with Crippen LogP contribution >= 0.6 is 11.6 Å². The Morgan fingerprint density at radius 2 is 1.81 bits per heavy atom. The molecule has 2 rings (SSSR count). The summed E-state index contributed by atoms with van der Waals surface area (Å²) in [6.07, 6.45) is 1.65. The zero-order valence-corrected chi connectivity index (χ0v) is 16.0. The number of non-ortho nitro benzene ring substituents is 1. The van der Waals surface area contributed by atoms with Gasteiger partial charge in [-0.1, -0.05) is 44.0 Å². The number of hydrogen-bond donors (Lipinski definition) is 0. The third kappa shape index (κ3) is 6.40. The van der Waals surface area contributed by atoms with Crippen molar-refractivity contribution in [3.63, 3.8) is 0 Å². The Hall–Kier alpha value is -2.54. The monoisotopic (exact) mass is 379 g/mol. The summed E-state index contributed by atoms with van der Waals surface area (Å²) in [5.41, 5.74) is 1.99. The lowest BCUT2D eigenvalue weighted by atomic mass is 10.1. The molecule has 0 bridgehead atoms. The molecule has 0 amide bonds. The van der Waals surface area contributed by atoms with E-state index in [9.17, 15) is 14.9 Å². The van der Waals surface area contributed by atoms with Crippen LogP contribution in [-0.2, 0) is 22.4 Å². The van der Waals surface area contributed by atoms with Gasteiger partial charge in [-0.3, -0.25) is 14.9 Å². The molecule has 8 heteroatoms. The second-order valence-electron chi connectivity index (χ2n) is 5.55. The predicted octanol–water partition coefficient (Wildman–Crippen LogP) is 4.07. The van der Waals surface area contributed by atoms with Crippen molar-refractivity contribution in [2.24, 2.45) is 0 Å².